The largest absolute Gasteiger partial charge is 0.382 e. The molecule has 0 aliphatic rings. The summed E-state index contributed by atoms with van der Waals surface area (Å²) in [5.41, 5.74) is 9.53. The number of carbonyl (C=O) groups excluding carboxylic acids is 2. The van der Waals surface area contributed by atoms with Gasteiger partial charge >= 0.3 is 5.69 Å². The summed E-state index contributed by atoms with van der Waals surface area (Å²) in [6.45, 7) is 4.55. The molecule has 0 atom stereocenters. The van der Waals surface area contributed by atoms with E-state index in [0.29, 0.717) is 40.3 Å². The highest BCUT2D eigenvalue weighted by Gasteiger charge is 2.21. The lowest BCUT2D eigenvalue weighted by atomic mass is 10.1. The number of carbonyl (C=O) groups is 2. The standard InChI is InChI=1S/C31H32N8O3S/c1-19-20(2)43-26(35-19)17-25(40)21-11-13-22(14-12-21)38-28-29(32)33-18-34-30(28)39(31(38)42)24-9-6-8-23(16-24)37(5)27(41)10-7-15-36(3)4/h6-14,16,18H,15,17H2,1-5H3,(H2,32,33,34)/b10-7+. The molecule has 3 aromatic heterocycles. The summed E-state index contributed by atoms with van der Waals surface area (Å²) >= 11 is 1.52. The van der Waals surface area contributed by atoms with Crippen molar-refractivity contribution in [1.29, 1.82) is 0 Å². The predicted octanol–water partition coefficient (Wildman–Crippen LogP) is 3.73. The van der Waals surface area contributed by atoms with Gasteiger partial charge in [0.15, 0.2) is 17.2 Å². The zero-order valence-electron chi connectivity index (χ0n) is 24.6. The van der Waals surface area contributed by atoms with Gasteiger partial charge in [-0.15, -0.1) is 11.3 Å². The number of nitrogen functional groups attached to an aromatic ring is 1. The van der Waals surface area contributed by atoms with Crippen LogP contribution in [0.15, 0.2) is 71.8 Å². The molecule has 0 aliphatic heterocycles. The third-order valence-corrected chi connectivity index (χ3v) is 8.09. The molecule has 0 fully saturated rings. The quantitative estimate of drug-likeness (QED) is 0.201. The molecule has 0 unspecified atom stereocenters. The lowest BCUT2D eigenvalue weighted by molar-refractivity contribution is -0.113. The summed E-state index contributed by atoms with van der Waals surface area (Å²) in [7, 11) is 5.52. The number of hydrogen-bond donors (Lipinski definition) is 1. The van der Waals surface area contributed by atoms with Gasteiger partial charge in [-0.3, -0.25) is 14.2 Å². The summed E-state index contributed by atoms with van der Waals surface area (Å²) in [5.74, 6) is -0.134. The first-order valence-electron chi connectivity index (χ1n) is 13.5. The maximum absolute atomic E-state index is 14.0. The van der Waals surface area contributed by atoms with Crippen molar-refractivity contribution in [3.05, 3.63) is 98.6 Å². The van der Waals surface area contributed by atoms with E-state index in [4.69, 9.17) is 5.73 Å². The van der Waals surface area contributed by atoms with Crippen molar-refractivity contribution in [2.24, 2.45) is 0 Å². The van der Waals surface area contributed by atoms with Crippen LogP contribution < -0.4 is 16.3 Å². The summed E-state index contributed by atoms with van der Waals surface area (Å²) < 4.78 is 2.86. The second-order valence-electron chi connectivity index (χ2n) is 10.4. The van der Waals surface area contributed by atoms with Crippen molar-refractivity contribution in [2.45, 2.75) is 20.3 Å². The first kappa shape index (κ1) is 29.5. The van der Waals surface area contributed by atoms with Crippen LogP contribution in [0.4, 0.5) is 11.5 Å². The van der Waals surface area contributed by atoms with E-state index in [2.05, 4.69) is 15.0 Å². The second kappa shape index (κ2) is 12.1. The molecule has 220 valence electrons. The second-order valence-corrected chi connectivity index (χ2v) is 11.7. The molecule has 0 saturated heterocycles. The Bertz CT molecular complexity index is 1900. The van der Waals surface area contributed by atoms with E-state index in [1.54, 1.807) is 61.7 Å². The molecule has 11 nitrogen and oxygen atoms in total. The zero-order valence-corrected chi connectivity index (χ0v) is 25.4. The van der Waals surface area contributed by atoms with Crippen molar-refractivity contribution in [3.8, 4) is 11.4 Å². The van der Waals surface area contributed by atoms with Gasteiger partial charge in [0.25, 0.3) is 0 Å². The molecule has 5 aromatic rings. The fourth-order valence-electron chi connectivity index (χ4n) is 4.61. The molecule has 12 heteroatoms. The maximum Gasteiger partial charge on any atom is 0.339 e. The topological polar surface area (TPSA) is 132 Å². The molecule has 0 aliphatic carbocycles. The Labute approximate surface area is 252 Å². The van der Waals surface area contributed by atoms with Crippen molar-refractivity contribution in [1.82, 2.24) is 29.0 Å². The number of aromatic nitrogens is 5. The average Bonchev–Trinajstić information content (AvgIpc) is 3.46. The van der Waals surface area contributed by atoms with Crippen LogP contribution in [-0.4, -0.2) is 68.4 Å². The Morgan fingerprint density at radius 1 is 1.00 bits per heavy atom. The maximum atomic E-state index is 14.0. The number of imidazole rings is 1. The van der Waals surface area contributed by atoms with Crippen LogP contribution in [0.1, 0.15) is 25.9 Å². The molecule has 0 spiro atoms. The number of hydrogen-bond acceptors (Lipinski definition) is 9. The number of nitrogens with zero attached hydrogens (tertiary/aromatic N) is 7. The number of fused-ring (bicyclic) bond motifs is 1. The SMILES string of the molecule is Cc1nc(CC(=O)c2ccc(-n3c(=O)n(-c4cccc(N(C)C(=O)/C=C/CN(C)C)c4)c4ncnc(N)c43)cc2)sc1C. The van der Waals surface area contributed by atoms with Gasteiger partial charge in [0, 0.05) is 35.8 Å². The minimum atomic E-state index is -0.424. The Kier molecular flexibility index (Phi) is 8.33. The van der Waals surface area contributed by atoms with Gasteiger partial charge in [0.05, 0.1) is 23.5 Å². The first-order chi connectivity index (χ1) is 20.5. The van der Waals surface area contributed by atoms with E-state index in [0.717, 1.165) is 15.6 Å². The van der Waals surface area contributed by atoms with Gasteiger partial charge < -0.3 is 15.5 Å². The number of nitrogens with two attached hydrogens (primary N) is 1. The summed E-state index contributed by atoms with van der Waals surface area (Å²) in [4.78, 5) is 57.2. The van der Waals surface area contributed by atoms with Crippen LogP contribution >= 0.6 is 11.3 Å². The minimum absolute atomic E-state index is 0.0648. The summed E-state index contributed by atoms with van der Waals surface area (Å²) in [6.07, 6.45) is 4.82. The van der Waals surface area contributed by atoms with Crippen LogP contribution in [0.25, 0.3) is 22.5 Å². The molecule has 0 saturated carbocycles. The highest BCUT2D eigenvalue weighted by Crippen LogP contribution is 2.25. The molecule has 43 heavy (non-hydrogen) atoms. The smallest absolute Gasteiger partial charge is 0.339 e. The van der Waals surface area contributed by atoms with Crippen molar-refractivity contribution in [3.63, 3.8) is 0 Å². The number of ketones is 1. The number of rotatable bonds is 9. The Balaban J connectivity index is 1.51. The molecular formula is C31H32N8O3S. The van der Waals surface area contributed by atoms with E-state index >= 15 is 0 Å². The van der Waals surface area contributed by atoms with Crippen LogP contribution in [-0.2, 0) is 11.2 Å². The predicted molar refractivity (Wildman–Crippen MR) is 170 cm³/mol. The molecule has 1 amide bonds. The van der Waals surface area contributed by atoms with Crippen molar-refractivity contribution < 1.29 is 9.59 Å². The van der Waals surface area contributed by atoms with Gasteiger partial charge in [-0.1, -0.05) is 12.1 Å². The number of likely N-dealkylation sites (N-methyl/N-ethyl adjacent to an activating group) is 2. The highest BCUT2D eigenvalue weighted by molar-refractivity contribution is 7.11. The summed E-state index contributed by atoms with van der Waals surface area (Å²) in [5, 5.41) is 0.771. The zero-order chi connectivity index (χ0) is 30.8. The third-order valence-electron chi connectivity index (χ3n) is 7.02. The van der Waals surface area contributed by atoms with E-state index in [1.165, 1.54) is 37.8 Å². The van der Waals surface area contributed by atoms with Crippen molar-refractivity contribution in [2.75, 3.05) is 38.3 Å². The Morgan fingerprint density at radius 3 is 2.42 bits per heavy atom. The fraction of sp³-hybridized carbons (Fsp3) is 0.226. The molecule has 0 bridgehead atoms. The molecule has 2 aromatic carbocycles. The van der Waals surface area contributed by atoms with Crippen LogP contribution in [0.3, 0.4) is 0 Å². The molecule has 2 N–H and O–H groups in total. The number of amides is 1. The van der Waals surface area contributed by atoms with Gasteiger partial charge in [0.1, 0.15) is 16.9 Å². The lowest BCUT2D eigenvalue weighted by Crippen LogP contribution is -2.25. The Hall–Kier alpha value is -4.94. The van der Waals surface area contributed by atoms with E-state index in [1.807, 2.05) is 32.8 Å². The average molecular weight is 597 g/mol. The normalized spacial score (nSPS) is 11.6. The number of aryl methyl sites for hydroxylation is 2. The fourth-order valence-corrected chi connectivity index (χ4v) is 5.55. The van der Waals surface area contributed by atoms with Gasteiger partial charge in [-0.25, -0.2) is 24.3 Å². The molecule has 3 heterocycles. The highest BCUT2D eigenvalue weighted by atomic mass is 32.1. The van der Waals surface area contributed by atoms with Crippen LogP contribution in [0.2, 0.25) is 0 Å². The van der Waals surface area contributed by atoms with Gasteiger partial charge in [-0.2, -0.15) is 0 Å². The van der Waals surface area contributed by atoms with Crippen LogP contribution in [0.5, 0.6) is 0 Å². The number of Topliss-reactive ketones (excluding diaryl/α,β-unsaturated/α-hetero) is 1. The number of benzene rings is 2. The Morgan fingerprint density at radius 2 is 1.74 bits per heavy atom. The van der Waals surface area contributed by atoms with E-state index in [9.17, 15) is 14.4 Å². The summed E-state index contributed by atoms with van der Waals surface area (Å²) in [6, 6.07) is 13.8. The monoisotopic (exact) mass is 596 g/mol. The lowest BCUT2D eigenvalue weighted by Gasteiger charge is -2.16. The minimum Gasteiger partial charge on any atom is -0.382 e. The number of thiazole rings is 1. The van der Waals surface area contributed by atoms with Gasteiger partial charge in [-0.05, 0) is 70.4 Å². The molecule has 5 rings (SSSR count). The van der Waals surface area contributed by atoms with E-state index in [-0.39, 0.29) is 23.9 Å². The van der Waals surface area contributed by atoms with E-state index < -0.39 is 5.69 Å². The number of anilines is 2. The van der Waals surface area contributed by atoms with Crippen LogP contribution in [0, 0.1) is 13.8 Å². The first-order valence-corrected chi connectivity index (χ1v) is 14.4. The van der Waals surface area contributed by atoms with Crippen molar-refractivity contribution >= 4 is 45.7 Å². The van der Waals surface area contributed by atoms with Gasteiger partial charge in [0.2, 0.25) is 5.91 Å². The third kappa shape index (κ3) is 6.01. The molecule has 0 radical (unpaired) electrons. The molecular weight excluding hydrogens is 564 g/mol.